The maximum atomic E-state index is 13.9. The molecule has 3 rings (SSSR count). The van der Waals surface area contributed by atoms with Crippen LogP contribution in [0.25, 0.3) is 11.2 Å². The maximum absolute atomic E-state index is 13.9. The molecule has 2 aromatic heterocycles. The fourth-order valence-electron chi connectivity index (χ4n) is 3.79. The Labute approximate surface area is 216 Å². The van der Waals surface area contributed by atoms with Crippen LogP contribution in [0.3, 0.4) is 0 Å². The minimum Gasteiger partial charge on any atom is -0.463 e. The van der Waals surface area contributed by atoms with Gasteiger partial charge in [0, 0.05) is 6.04 Å². The Morgan fingerprint density at radius 2 is 1.89 bits per heavy atom. The minimum absolute atomic E-state index is 0.00244. The number of nitrogens with two attached hydrogens (primary N) is 1. The lowest BCUT2D eigenvalue weighted by Crippen LogP contribution is -2.42. The Morgan fingerprint density at radius 1 is 1.16 bits per heavy atom. The highest BCUT2D eigenvalue weighted by Gasteiger charge is 2.33. The molecule has 2 heterocycles. The van der Waals surface area contributed by atoms with Crippen molar-refractivity contribution < 1.29 is 28.4 Å². The van der Waals surface area contributed by atoms with E-state index in [2.05, 4.69) is 25.1 Å². The molecule has 0 spiro atoms. The van der Waals surface area contributed by atoms with Crippen molar-refractivity contribution in [2.75, 3.05) is 12.1 Å². The normalized spacial score (nSPS) is 18.1. The van der Waals surface area contributed by atoms with Crippen LogP contribution in [0.1, 0.15) is 60.3 Å². The van der Waals surface area contributed by atoms with Gasteiger partial charge in [0.15, 0.2) is 11.5 Å². The van der Waals surface area contributed by atoms with Gasteiger partial charge in [-0.05, 0) is 53.9 Å². The summed E-state index contributed by atoms with van der Waals surface area (Å²) in [5.74, 6) is -0.613. The third kappa shape index (κ3) is 8.46. The van der Waals surface area contributed by atoms with Crippen LogP contribution >= 0.6 is 7.44 Å². The number of esters is 2. The van der Waals surface area contributed by atoms with E-state index in [9.17, 15) is 14.2 Å². The van der Waals surface area contributed by atoms with Gasteiger partial charge in [0.25, 0.3) is 0 Å². The number of imidazole rings is 1. The number of carbonyl (C=O) groups is 2. The van der Waals surface area contributed by atoms with E-state index in [4.69, 9.17) is 19.9 Å². The second-order valence-electron chi connectivity index (χ2n) is 9.79. The molecule has 4 N–H and O–H groups in total. The van der Waals surface area contributed by atoms with E-state index in [-0.39, 0.29) is 30.8 Å². The second kappa shape index (κ2) is 12.8. The Bertz CT molecular complexity index is 1120. The molecule has 14 heteroatoms. The van der Waals surface area contributed by atoms with Gasteiger partial charge >= 0.3 is 11.9 Å². The third-order valence-corrected chi connectivity index (χ3v) is 7.96. The minimum atomic E-state index is -3.51. The highest BCUT2D eigenvalue weighted by Crippen LogP contribution is 2.38. The van der Waals surface area contributed by atoms with E-state index in [1.54, 1.807) is 38.6 Å². The van der Waals surface area contributed by atoms with Crippen LogP contribution in [-0.4, -0.2) is 68.2 Å². The molecule has 0 unspecified atom stereocenters. The van der Waals surface area contributed by atoms with Gasteiger partial charge in [-0.2, -0.15) is 0 Å². The van der Waals surface area contributed by atoms with Gasteiger partial charge in [-0.1, -0.05) is 0 Å². The smallest absolute Gasteiger partial charge is 0.323 e. The first-order chi connectivity index (χ1) is 17.5. The predicted molar refractivity (Wildman–Crippen MR) is 138 cm³/mol. The Hall–Kier alpha value is -2.60. The summed E-state index contributed by atoms with van der Waals surface area (Å²) in [5.41, 5.74) is 6.91. The third-order valence-electron chi connectivity index (χ3n) is 5.78. The SMILES string of the molecule is CC(C)OC(=O)C[C@@H](C)N[P@@](=O)(CO[C@H](C)Cn1cnc2c(N)ncnc21)N[C@H](C)C(=O)OC1CCC1. The maximum Gasteiger partial charge on any atom is 0.323 e. The van der Waals surface area contributed by atoms with E-state index in [0.29, 0.717) is 17.7 Å². The number of rotatable bonds is 14. The molecule has 1 aliphatic rings. The van der Waals surface area contributed by atoms with Gasteiger partial charge in [-0.15, -0.1) is 0 Å². The number of aromatic nitrogens is 4. The van der Waals surface area contributed by atoms with Crippen LogP contribution in [0.15, 0.2) is 12.7 Å². The average Bonchev–Trinajstić information content (AvgIpc) is 3.17. The second-order valence-corrected chi connectivity index (χ2v) is 12.0. The summed E-state index contributed by atoms with van der Waals surface area (Å²) in [5, 5.41) is 5.85. The lowest BCUT2D eigenvalue weighted by Gasteiger charge is -2.30. The van der Waals surface area contributed by atoms with Crippen LogP contribution in [0.4, 0.5) is 5.82 Å². The molecule has 0 aromatic carbocycles. The molecular formula is C23H38N7O6P. The molecule has 37 heavy (non-hydrogen) atoms. The summed E-state index contributed by atoms with van der Waals surface area (Å²) in [6, 6.07) is -1.35. The van der Waals surface area contributed by atoms with Crippen LogP contribution in [0.2, 0.25) is 0 Å². The van der Waals surface area contributed by atoms with E-state index in [1.807, 2.05) is 6.92 Å². The standard InChI is InChI=1S/C23H38N7O6P/c1-14(2)35-19(31)9-15(3)28-37(33,29-17(5)23(32)36-18-7-6-8-18)13-34-16(4)10-30-12-27-20-21(24)25-11-26-22(20)30/h11-12,14-18H,6-10,13H2,1-5H3,(H2,24,25,26)(H2,28,29,33)/t15-,16-,17-,37+/m1/s1. The number of hydrogen-bond acceptors (Lipinski definition) is 10. The van der Waals surface area contributed by atoms with E-state index < -0.39 is 37.6 Å². The number of fused-ring (bicyclic) bond motifs is 1. The van der Waals surface area contributed by atoms with Crippen molar-refractivity contribution in [3.05, 3.63) is 12.7 Å². The van der Waals surface area contributed by atoms with Crippen molar-refractivity contribution in [3.8, 4) is 0 Å². The molecule has 1 aliphatic carbocycles. The molecular weight excluding hydrogens is 501 g/mol. The van der Waals surface area contributed by atoms with E-state index >= 15 is 0 Å². The van der Waals surface area contributed by atoms with Gasteiger partial charge in [0.2, 0.25) is 7.44 Å². The van der Waals surface area contributed by atoms with Crippen molar-refractivity contribution in [2.24, 2.45) is 0 Å². The lowest BCUT2D eigenvalue weighted by atomic mass is 9.96. The highest BCUT2D eigenvalue weighted by molar-refractivity contribution is 7.59. The molecule has 0 saturated heterocycles. The van der Waals surface area contributed by atoms with Crippen molar-refractivity contribution >= 4 is 36.4 Å². The molecule has 0 amide bonds. The zero-order valence-corrected chi connectivity index (χ0v) is 22.9. The molecule has 13 nitrogen and oxygen atoms in total. The Kier molecular flexibility index (Phi) is 10.00. The van der Waals surface area contributed by atoms with Crippen molar-refractivity contribution in [3.63, 3.8) is 0 Å². The number of nitrogens with one attached hydrogen (secondary N) is 2. The summed E-state index contributed by atoms with van der Waals surface area (Å²) in [4.78, 5) is 37.0. The zero-order chi connectivity index (χ0) is 27.2. The highest BCUT2D eigenvalue weighted by atomic mass is 31.2. The number of nitrogens with zero attached hydrogens (tertiary/aromatic N) is 4. The van der Waals surface area contributed by atoms with E-state index in [1.165, 1.54) is 6.33 Å². The van der Waals surface area contributed by atoms with Crippen LogP contribution in [0, 0.1) is 0 Å². The molecule has 2 aromatic rings. The largest absolute Gasteiger partial charge is 0.463 e. The van der Waals surface area contributed by atoms with Gasteiger partial charge in [0.1, 0.15) is 30.3 Å². The van der Waals surface area contributed by atoms with Crippen molar-refractivity contribution in [1.82, 2.24) is 29.7 Å². The molecule has 0 aliphatic heterocycles. The number of ether oxygens (including phenoxy) is 3. The average molecular weight is 540 g/mol. The van der Waals surface area contributed by atoms with Crippen LogP contribution < -0.4 is 15.9 Å². The number of hydrogen-bond donors (Lipinski definition) is 3. The summed E-state index contributed by atoms with van der Waals surface area (Å²) >= 11 is 0. The monoisotopic (exact) mass is 539 g/mol. The molecule has 1 saturated carbocycles. The molecule has 0 bridgehead atoms. The molecule has 206 valence electrons. The van der Waals surface area contributed by atoms with Crippen molar-refractivity contribution in [2.45, 2.75) is 97.2 Å². The number of carbonyl (C=O) groups excluding carboxylic acids is 2. The molecule has 1 fully saturated rings. The van der Waals surface area contributed by atoms with Gasteiger partial charge in [-0.25, -0.2) is 25.1 Å². The topological polar surface area (TPSA) is 173 Å². The first-order valence-corrected chi connectivity index (χ1v) is 14.4. The summed E-state index contributed by atoms with van der Waals surface area (Å²) in [6.07, 6.45) is 4.68. The van der Waals surface area contributed by atoms with E-state index in [0.717, 1.165) is 19.3 Å². The van der Waals surface area contributed by atoms with Crippen LogP contribution in [0.5, 0.6) is 0 Å². The fourth-order valence-corrected chi connectivity index (χ4v) is 6.01. The fraction of sp³-hybridized carbons (Fsp3) is 0.696. The number of anilines is 1. The summed E-state index contributed by atoms with van der Waals surface area (Å²) in [7, 11) is -3.51. The first-order valence-electron chi connectivity index (χ1n) is 12.5. The first kappa shape index (κ1) is 29.0. The Morgan fingerprint density at radius 3 is 2.54 bits per heavy atom. The predicted octanol–water partition coefficient (Wildman–Crippen LogP) is 2.36. The van der Waals surface area contributed by atoms with Gasteiger partial charge < -0.3 is 24.5 Å². The molecule has 0 radical (unpaired) electrons. The number of nitrogen functional groups attached to an aromatic ring is 1. The van der Waals surface area contributed by atoms with Crippen LogP contribution in [-0.2, 0) is 34.9 Å². The van der Waals surface area contributed by atoms with Gasteiger partial charge in [-0.3, -0.25) is 14.2 Å². The Balaban J connectivity index is 1.64. The quantitative estimate of drug-likeness (QED) is 0.237. The summed E-state index contributed by atoms with van der Waals surface area (Å²) in [6.45, 7) is 9.02. The zero-order valence-electron chi connectivity index (χ0n) is 22.0. The lowest BCUT2D eigenvalue weighted by molar-refractivity contribution is -0.154. The van der Waals surface area contributed by atoms with Crippen molar-refractivity contribution in [1.29, 1.82) is 0 Å². The van der Waals surface area contributed by atoms with Gasteiger partial charge in [0.05, 0.1) is 31.5 Å². The molecule has 4 atom stereocenters. The summed E-state index contributed by atoms with van der Waals surface area (Å²) < 4.78 is 32.3.